The molecule has 0 N–H and O–H groups in total. The summed E-state index contributed by atoms with van der Waals surface area (Å²) in [5.74, 6) is 0. The lowest BCUT2D eigenvalue weighted by Gasteiger charge is -2.04. The number of benzene rings is 1. The maximum atomic E-state index is 6.11. The Morgan fingerprint density at radius 2 is 2.00 bits per heavy atom. The molecule has 1 aromatic carbocycles. The predicted octanol–water partition coefficient (Wildman–Crippen LogP) is 3.12. The monoisotopic (exact) mass is 264 g/mol. The zero-order valence-corrected chi connectivity index (χ0v) is 10.0. The van der Waals surface area contributed by atoms with E-state index in [1.54, 1.807) is 35.1 Å². The van der Waals surface area contributed by atoms with Gasteiger partial charge in [0.15, 0.2) is 5.65 Å². The summed E-state index contributed by atoms with van der Waals surface area (Å²) in [4.78, 5) is 4.22. The normalized spacial score (nSPS) is 10.9. The second kappa shape index (κ2) is 3.98. The fourth-order valence-electron chi connectivity index (χ4n) is 1.58. The van der Waals surface area contributed by atoms with Gasteiger partial charge in [0, 0.05) is 11.2 Å². The quantitative estimate of drug-likeness (QED) is 0.679. The third kappa shape index (κ3) is 1.75. The van der Waals surface area contributed by atoms with E-state index in [1.165, 1.54) is 0 Å². The molecule has 6 heteroatoms. The topological polar surface area (TPSA) is 43.6 Å². The lowest BCUT2D eigenvalue weighted by Crippen LogP contribution is -1.98. The zero-order valence-electron chi connectivity index (χ0n) is 8.51. The van der Waals surface area contributed by atoms with Crippen LogP contribution in [0.25, 0.3) is 16.9 Å². The molecule has 0 aliphatic heterocycles. The molecule has 3 rings (SSSR count). The minimum absolute atomic E-state index is 0.548. The van der Waals surface area contributed by atoms with Gasteiger partial charge in [0.05, 0.1) is 10.7 Å². The van der Waals surface area contributed by atoms with E-state index in [0.29, 0.717) is 26.9 Å². The van der Waals surface area contributed by atoms with Crippen molar-refractivity contribution in [2.75, 3.05) is 0 Å². The molecule has 0 atom stereocenters. The Kier molecular flexibility index (Phi) is 2.46. The lowest BCUT2D eigenvalue weighted by atomic mass is 10.3. The molecule has 4 nitrogen and oxygen atoms in total. The molecule has 2 heterocycles. The highest BCUT2D eigenvalue weighted by molar-refractivity contribution is 6.34. The number of hydrogen-bond donors (Lipinski definition) is 0. The Bertz CT molecular complexity index is 693. The van der Waals surface area contributed by atoms with Crippen molar-refractivity contribution in [3.05, 3.63) is 46.6 Å². The number of rotatable bonds is 1. The largest absolute Gasteiger partial charge is 0.235 e. The van der Waals surface area contributed by atoms with Crippen LogP contribution >= 0.6 is 23.2 Å². The average molecular weight is 265 g/mol. The van der Waals surface area contributed by atoms with E-state index in [1.807, 2.05) is 6.07 Å². The van der Waals surface area contributed by atoms with E-state index < -0.39 is 0 Å². The van der Waals surface area contributed by atoms with Gasteiger partial charge in [0.1, 0.15) is 5.52 Å². The molecule has 0 unspecified atom stereocenters. The second-order valence-electron chi connectivity index (χ2n) is 3.44. The number of halogens is 2. The molecule has 0 spiro atoms. The van der Waals surface area contributed by atoms with Crippen LogP contribution in [0, 0.1) is 0 Å². The smallest absolute Gasteiger partial charge is 0.183 e. The van der Waals surface area contributed by atoms with Crippen molar-refractivity contribution in [1.82, 2.24) is 20.0 Å². The molecule has 0 saturated heterocycles. The van der Waals surface area contributed by atoms with Crippen molar-refractivity contribution in [2.45, 2.75) is 0 Å². The average Bonchev–Trinajstić information content (AvgIpc) is 2.76. The van der Waals surface area contributed by atoms with Crippen LogP contribution in [0.15, 0.2) is 36.5 Å². The molecule has 2 aromatic heterocycles. The van der Waals surface area contributed by atoms with Crippen molar-refractivity contribution in [1.29, 1.82) is 0 Å². The summed E-state index contributed by atoms with van der Waals surface area (Å²) in [6.07, 6.45) is 1.68. The third-order valence-corrected chi connectivity index (χ3v) is 2.90. The van der Waals surface area contributed by atoms with Gasteiger partial charge >= 0.3 is 0 Å². The van der Waals surface area contributed by atoms with Crippen LogP contribution < -0.4 is 0 Å². The van der Waals surface area contributed by atoms with Gasteiger partial charge in [0.25, 0.3) is 0 Å². The van der Waals surface area contributed by atoms with Gasteiger partial charge in [-0.3, -0.25) is 0 Å². The van der Waals surface area contributed by atoms with E-state index in [0.717, 1.165) is 0 Å². The van der Waals surface area contributed by atoms with Gasteiger partial charge < -0.3 is 0 Å². The summed E-state index contributed by atoms with van der Waals surface area (Å²) in [6, 6.07) is 8.81. The van der Waals surface area contributed by atoms with Crippen molar-refractivity contribution in [3.63, 3.8) is 0 Å². The van der Waals surface area contributed by atoms with Crippen LogP contribution in [-0.2, 0) is 0 Å². The molecule has 17 heavy (non-hydrogen) atoms. The maximum absolute atomic E-state index is 6.11. The molecule has 0 aliphatic carbocycles. The molecule has 0 saturated carbocycles. The SMILES string of the molecule is Clc1ccc(Cl)c(-n2nnc3cccnc32)c1. The minimum Gasteiger partial charge on any atom is -0.235 e. The molecule has 0 amide bonds. The Labute approximate surface area is 107 Å². The first-order chi connectivity index (χ1) is 8.25. The van der Waals surface area contributed by atoms with Crippen LogP contribution in [0.3, 0.4) is 0 Å². The third-order valence-electron chi connectivity index (χ3n) is 2.34. The molecule has 84 valence electrons. The van der Waals surface area contributed by atoms with E-state index in [9.17, 15) is 0 Å². The Balaban J connectivity index is 2.31. The van der Waals surface area contributed by atoms with E-state index in [-0.39, 0.29) is 0 Å². The Morgan fingerprint density at radius 3 is 2.88 bits per heavy atom. The Morgan fingerprint density at radius 1 is 1.12 bits per heavy atom. The highest BCUT2D eigenvalue weighted by Gasteiger charge is 2.10. The van der Waals surface area contributed by atoms with Crippen LogP contribution in [0.1, 0.15) is 0 Å². The van der Waals surface area contributed by atoms with Gasteiger partial charge in [-0.1, -0.05) is 28.4 Å². The minimum atomic E-state index is 0.548. The number of hydrogen-bond acceptors (Lipinski definition) is 3. The molecule has 0 aliphatic rings. The van der Waals surface area contributed by atoms with Crippen molar-refractivity contribution < 1.29 is 0 Å². The van der Waals surface area contributed by atoms with Crippen LogP contribution in [0.4, 0.5) is 0 Å². The first-order valence-corrected chi connectivity index (χ1v) is 5.63. The van der Waals surface area contributed by atoms with Gasteiger partial charge in [-0.25, -0.2) is 4.98 Å². The molecular formula is C11H6Cl2N4. The number of aromatic nitrogens is 4. The maximum Gasteiger partial charge on any atom is 0.183 e. The lowest BCUT2D eigenvalue weighted by molar-refractivity contribution is 0.817. The van der Waals surface area contributed by atoms with Gasteiger partial charge in [0.2, 0.25) is 0 Å². The fraction of sp³-hybridized carbons (Fsp3) is 0. The fourth-order valence-corrected chi connectivity index (χ4v) is 1.94. The first kappa shape index (κ1) is 10.5. The number of nitrogens with zero attached hydrogens (tertiary/aromatic N) is 4. The number of pyridine rings is 1. The van der Waals surface area contributed by atoms with Crippen molar-refractivity contribution in [3.8, 4) is 5.69 Å². The molecule has 0 fully saturated rings. The predicted molar refractivity (Wildman–Crippen MR) is 66.7 cm³/mol. The first-order valence-electron chi connectivity index (χ1n) is 4.87. The summed E-state index contributed by atoms with van der Waals surface area (Å²) in [7, 11) is 0. The summed E-state index contributed by atoms with van der Waals surface area (Å²) < 4.78 is 1.57. The van der Waals surface area contributed by atoms with Gasteiger partial charge in [-0.15, -0.1) is 5.10 Å². The van der Waals surface area contributed by atoms with Crippen LogP contribution in [0.2, 0.25) is 10.0 Å². The van der Waals surface area contributed by atoms with Crippen molar-refractivity contribution in [2.24, 2.45) is 0 Å². The summed E-state index contributed by atoms with van der Waals surface area (Å²) >= 11 is 12.1. The highest BCUT2D eigenvalue weighted by atomic mass is 35.5. The molecular weight excluding hydrogens is 259 g/mol. The van der Waals surface area contributed by atoms with E-state index >= 15 is 0 Å². The zero-order chi connectivity index (χ0) is 11.8. The standard InChI is InChI=1S/C11H6Cl2N4/c12-7-3-4-8(13)10(6-7)17-11-9(15-16-17)2-1-5-14-11/h1-6H. The second-order valence-corrected chi connectivity index (χ2v) is 4.29. The van der Waals surface area contributed by atoms with Crippen LogP contribution in [0.5, 0.6) is 0 Å². The Hall–Kier alpha value is -1.65. The molecule has 3 aromatic rings. The highest BCUT2D eigenvalue weighted by Crippen LogP contribution is 2.25. The summed E-state index contributed by atoms with van der Waals surface area (Å²) in [5.41, 5.74) is 2.03. The van der Waals surface area contributed by atoms with Crippen LogP contribution in [-0.4, -0.2) is 20.0 Å². The van der Waals surface area contributed by atoms with Gasteiger partial charge in [-0.05, 0) is 30.3 Å². The molecule has 0 bridgehead atoms. The molecule has 0 radical (unpaired) electrons. The van der Waals surface area contributed by atoms with Gasteiger partial charge in [-0.2, -0.15) is 4.68 Å². The van der Waals surface area contributed by atoms with E-state index in [2.05, 4.69) is 15.3 Å². The van der Waals surface area contributed by atoms with Crippen molar-refractivity contribution >= 4 is 34.4 Å². The van der Waals surface area contributed by atoms with E-state index in [4.69, 9.17) is 23.2 Å². The number of fused-ring (bicyclic) bond motifs is 1. The summed E-state index contributed by atoms with van der Waals surface area (Å²) in [6.45, 7) is 0. The summed E-state index contributed by atoms with van der Waals surface area (Å²) in [5, 5.41) is 9.18.